The Morgan fingerprint density at radius 1 is 0.786 bits per heavy atom. The monoisotopic (exact) mass is 367 g/mol. The zero-order valence-corrected chi connectivity index (χ0v) is 16.5. The lowest BCUT2D eigenvalue weighted by molar-refractivity contribution is 0.796. The van der Waals surface area contributed by atoms with Gasteiger partial charge < -0.3 is 4.57 Å². The van der Waals surface area contributed by atoms with Gasteiger partial charge in [0, 0.05) is 18.0 Å². The van der Waals surface area contributed by atoms with E-state index in [2.05, 4.69) is 55.5 Å². The molecule has 0 fully saturated rings. The molecular formula is C26H25NO. The molecule has 0 atom stereocenters. The van der Waals surface area contributed by atoms with Crippen LogP contribution in [0.25, 0.3) is 33.2 Å². The predicted octanol–water partition coefficient (Wildman–Crippen LogP) is 6.22. The first-order valence-corrected chi connectivity index (χ1v) is 9.97. The average Bonchev–Trinajstić information content (AvgIpc) is 2.75. The van der Waals surface area contributed by atoms with Gasteiger partial charge in [0.2, 0.25) is 0 Å². The van der Waals surface area contributed by atoms with Crippen LogP contribution in [0, 0.1) is 0 Å². The minimum absolute atomic E-state index is 0.0515. The maximum atomic E-state index is 13.2. The maximum Gasteiger partial charge on any atom is 0.258 e. The second-order valence-corrected chi connectivity index (χ2v) is 7.30. The van der Waals surface area contributed by atoms with E-state index in [1.807, 2.05) is 37.4 Å². The van der Waals surface area contributed by atoms with Gasteiger partial charge in [-0.3, -0.25) is 4.79 Å². The molecule has 0 saturated carbocycles. The summed E-state index contributed by atoms with van der Waals surface area (Å²) in [6, 6.07) is 26.9. The number of rotatable bonds is 5. The number of aryl methyl sites for hydroxylation is 1. The molecule has 0 radical (unpaired) electrons. The van der Waals surface area contributed by atoms with E-state index in [0.29, 0.717) is 0 Å². The number of aromatic nitrogens is 1. The smallest absolute Gasteiger partial charge is 0.258 e. The molecule has 0 bridgehead atoms. The summed E-state index contributed by atoms with van der Waals surface area (Å²) in [4.78, 5) is 13.2. The van der Waals surface area contributed by atoms with E-state index in [0.717, 1.165) is 52.4 Å². The first-order chi connectivity index (χ1) is 13.7. The Morgan fingerprint density at radius 3 is 2.07 bits per heavy atom. The highest BCUT2D eigenvalue weighted by atomic mass is 16.1. The van der Waals surface area contributed by atoms with E-state index in [1.165, 1.54) is 5.56 Å². The Morgan fingerprint density at radius 2 is 1.43 bits per heavy atom. The van der Waals surface area contributed by atoms with Crippen LogP contribution in [0.15, 0.2) is 83.7 Å². The van der Waals surface area contributed by atoms with Gasteiger partial charge in [0.1, 0.15) is 0 Å². The highest BCUT2D eigenvalue weighted by Crippen LogP contribution is 2.36. The number of pyridine rings is 1. The third kappa shape index (κ3) is 3.27. The number of hydrogen-bond donors (Lipinski definition) is 0. The summed E-state index contributed by atoms with van der Waals surface area (Å²) in [5.74, 6) is 0. The van der Waals surface area contributed by atoms with Gasteiger partial charge in [-0.2, -0.15) is 0 Å². The van der Waals surface area contributed by atoms with Gasteiger partial charge in [0.05, 0.1) is 5.69 Å². The largest absolute Gasteiger partial charge is 0.310 e. The van der Waals surface area contributed by atoms with E-state index < -0.39 is 0 Å². The van der Waals surface area contributed by atoms with Crippen LogP contribution in [-0.4, -0.2) is 4.57 Å². The molecule has 28 heavy (non-hydrogen) atoms. The van der Waals surface area contributed by atoms with Crippen molar-refractivity contribution in [2.24, 2.45) is 7.05 Å². The second kappa shape index (κ2) is 7.85. The molecule has 4 aromatic rings. The van der Waals surface area contributed by atoms with Crippen LogP contribution in [0.1, 0.15) is 25.3 Å². The van der Waals surface area contributed by atoms with E-state index in [-0.39, 0.29) is 5.56 Å². The summed E-state index contributed by atoms with van der Waals surface area (Å²) in [6.45, 7) is 2.21. The zero-order chi connectivity index (χ0) is 19.5. The highest BCUT2D eigenvalue weighted by molar-refractivity contribution is 6.02. The van der Waals surface area contributed by atoms with Crippen molar-refractivity contribution in [2.75, 3.05) is 0 Å². The molecule has 0 aliphatic heterocycles. The fourth-order valence-electron chi connectivity index (χ4n) is 3.93. The predicted molar refractivity (Wildman–Crippen MR) is 119 cm³/mol. The van der Waals surface area contributed by atoms with Crippen LogP contribution in [0.5, 0.6) is 0 Å². The molecular weight excluding hydrogens is 342 g/mol. The Labute approximate surface area is 166 Å². The molecule has 140 valence electrons. The minimum atomic E-state index is 0.0515. The van der Waals surface area contributed by atoms with Crippen LogP contribution < -0.4 is 5.56 Å². The molecule has 0 aliphatic carbocycles. The minimum Gasteiger partial charge on any atom is -0.310 e. The SMILES string of the molecule is CCCCc1ccc2c(=O)n(C)c(-c3ccccc3)c(-c3ccccc3)c2c1. The van der Waals surface area contributed by atoms with Crippen molar-refractivity contribution in [3.63, 3.8) is 0 Å². The summed E-state index contributed by atoms with van der Waals surface area (Å²) < 4.78 is 1.80. The molecule has 2 heteroatoms. The lowest BCUT2D eigenvalue weighted by atomic mass is 9.92. The summed E-state index contributed by atoms with van der Waals surface area (Å²) in [5.41, 5.74) is 5.63. The topological polar surface area (TPSA) is 22.0 Å². The summed E-state index contributed by atoms with van der Waals surface area (Å²) in [7, 11) is 1.88. The Balaban J connectivity index is 2.12. The van der Waals surface area contributed by atoms with Crippen molar-refractivity contribution in [1.29, 1.82) is 0 Å². The van der Waals surface area contributed by atoms with Gasteiger partial charge >= 0.3 is 0 Å². The highest BCUT2D eigenvalue weighted by Gasteiger charge is 2.18. The maximum absolute atomic E-state index is 13.2. The van der Waals surface area contributed by atoms with Gasteiger partial charge in [-0.25, -0.2) is 0 Å². The first-order valence-electron chi connectivity index (χ1n) is 9.97. The average molecular weight is 367 g/mol. The fourth-order valence-corrected chi connectivity index (χ4v) is 3.93. The van der Waals surface area contributed by atoms with Gasteiger partial charge in [-0.1, -0.05) is 86.1 Å². The molecule has 2 nitrogen and oxygen atoms in total. The number of benzene rings is 3. The van der Waals surface area contributed by atoms with Crippen LogP contribution in [0.2, 0.25) is 0 Å². The van der Waals surface area contributed by atoms with Gasteiger partial charge in [-0.05, 0) is 41.0 Å². The lowest BCUT2D eigenvalue weighted by Gasteiger charge is -2.18. The molecule has 0 spiro atoms. The van der Waals surface area contributed by atoms with Gasteiger partial charge in [-0.15, -0.1) is 0 Å². The molecule has 1 aromatic heterocycles. The van der Waals surface area contributed by atoms with Crippen LogP contribution in [-0.2, 0) is 13.5 Å². The fraction of sp³-hybridized carbons (Fsp3) is 0.192. The number of hydrogen-bond acceptors (Lipinski definition) is 1. The van der Waals surface area contributed by atoms with Gasteiger partial charge in [0.15, 0.2) is 0 Å². The van der Waals surface area contributed by atoms with Crippen LogP contribution >= 0.6 is 0 Å². The van der Waals surface area contributed by atoms with E-state index >= 15 is 0 Å². The van der Waals surface area contributed by atoms with E-state index in [4.69, 9.17) is 0 Å². The molecule has 4 rings (SSSR count). The number of unbranched alkanes of at least 4 members (excludes halogenated alkanes) is 1. The molecule has 0 amide bonds. The molecule has 0 saturated heterocycles. The quantitative estimate of drug-likeness (QED) is 0.411. The molecule has 1 heterocycles. The third-order valence-electron chi connectivity index (χ3n) is 5.39. The van der Waals surface area contributed by atoms with E-state index in [1.54, 1.807) is 4.57 Å². The molecule has 0 N–H and O–H groups in total. The van der Waals surface area contributed by atoms with E-state index in [9.17, 15) is 4.79 Å². The van der Waals surface area contributed by atoms with Crippen molar-refractivity contribution >= 4 is 10.8 Å². The molecule has 0 aliphatic rings. The normalized spacial score (nSPS) is 11.1. The summed E-state index contributed by atoms with van der Waals surface area (Å²) in [5, 5.41) is 1.82. The lowest BCUT2D eigenvalue weighted by Crippen LogP contribution is -2.20. The summed E-state index contributed by atoms with van der Waals surface area (Å²) >= 11 is 0. The van der Waals surface area contributed by atoms with Crippen LogP contribution in [0.4, 0.5) is 0 Å². The number of nitrogens with zero attached hydrogens (tertiary/aromatic N) is 1. The Hall–Kier alpha value is -3.13. The molecule has 3 aromatic carbocycles. The van der Waals surface area contributed by atoms with Gasteiger partial charge in [0.25, 0.3) is 5.56 Å². The van der Waals surface area contributed by atoms with Crippen molar-refractivity contribution in [1.82, 2.24) is 4.57 Å². The Bertz CT molecular complexity index is 1160. The van der Waals surface area contributed by atoms with Crippen molar-refractivity contribution in [3.05, 3.63) is 94.8 Å². The number of fused-ring (bicyclic) bond motifs is 1. The zero-order valence-electron chi connectivity index (χ0n) is 16.5. The van der Waals surface area contributed by atoms with Crippen LogP contribution in [0.3, 0.4) is 0 Å². The summed E-state index contributed by atoms with van der Waals surface area (Å²) in [6.07, 6.45) is 3.36. The standard InChI is InChI=1S/C26H25NO/c1-3-4-11-19-16-17-22-23(18-19)24(20-12-7-5-8-13-20)25(27(2)26(22)28)21-14-9-6-10-15-21/h5-10,12-18H,3-4,11H2,1-2H3. The molecule has 0 unspecified atom stereocenters. The van der Waals surface area contributed by atoms with Crippen molar-refractivity contribution in [2.45, 2.75) is 26.2 Å². The second-order valence-electron chi connectivity index (χ2n) is 7.30. The third-order valence-corrected chi connectivity index (χ3v) is 5.39. The van der Waals surface area contributed by atoms with Crippen molar-refractivity contribution in [3.8, 4) is 22.4 Å². The Kier molecular flexibility index (Phi) is 5.12. The first kappa shape index (κ1) is 18.2. The van der Waals surface area contributed by atoms with Crippen molar-refractivity contribution < 1.29 is 0 Å².